The van der Waals surface area contributed by atoms with Crippen molar-refractivity contribution in [1.29, 1.82) is 0 Å². The van der Waals surface area contributed by atoms with Gasteiger partial charge in [0.05, 0.1) is 0 Å². The summed E-state index contributed by atoms with van der Waals surface area (Å²) in [5.41, 5.74) is 8.41. The van der Waals surface area contributed by atoms with Crippen molar-refractivity contribution in [2.24, 2.45) is 0 Å². The van der Waals surface area contributed by atoms with Crippen LogP contribution in [0.15, 0.2) is 60.7 Å². The molecule has 6 heteroatoms. The predicted molar refractivity (Wildman–Crippen MR) is 116 cm³/mol. The number of phenols is 1. The maximum atomic E-state index is 10.0. The summed E-state index contributed by atoms with van der Waals surface area (Å²) >= 11 is 0. The Morgan fingerprint density at radius 3 is 2.55 bits per heavy atom. The number of anilines is 1. The molecule has 2 aromatic carbocycles. The summed E-state index contributed by atoms with van der Waals surface area (Å²) in [6.45, 7) is 6.72. The minimum atomic E-state index is 0.0532. The lowest BCUT2D eigenvalue weighted by Crippen LogP contribution is -2.25. The average molecular weight is 393 g/mol. The van der Waals surface area contributed by atoms with E-state index in [4.69, 9.17) is 10.5 Å². The number of aromatic nitrogens is 2. The van der Waals surface area contributed by atoms with Crippen LogP contribution >= 0.6 is 0 Å². The molecule has 0 aliphatic carbocycles. The predicted octanol–water partition coefficient (Wildman–Crippen LogP) is 4.11. The van der Waals surface area contributed by atoms with Crippen LogP contribution < -0.4 is 10.5 Å². The zero-order valence-electron chi connectivity index (χ0n) is 17.0. The van der Waals surface area contributed by atoms with E-state index in [1.807, 2.05) is 26.0 Å². The third kappa shape index (κ3) is 5.23. The third-order valence-corrected chi connectivity index (χ3v) is 4.74. The van der Waals surface area contributed by atoms with Crippen LogP contribution in [0, 0.1) is 0 Å². The molecule has 6 nitrogen and oxygen atoms in total. The molecule has 4 rings (SSSR count). The van der Waals surface area contributed by atoms with Crippen molar-refractivity contribution < 1.29 is 9.84 Å². The molecule has 2 heterocycles. The first-order chi connectivity index (χ1) is 14.2. The SMILES string of the molecule is CC.Nc1nnc(-c2ccccc2O)cc1OC1CCN(Cc2ccccc2)C1. The minimum absolute atomic E-state index is 0.0532. The van der Waals surface area contributed by atoms with E-state index in [1.54, 1.807) is 24.3 Å². The van der Waals surface area contributed by atoms with Gasteiger partial charge in [-0.25, -0.2) is 0 Å². The molecule has 29 heavy (non-hydrogen) atoms. The topological polar surface area (TPSA) is 84.5 Å². The van der Waals surface area contributed by atoms with Crippen LogP contribution in [0.2, 0.25) is 0 Å². The zero-order valence-corrected chi connectivity index (χ0v) is 17.0. The molecule has 1 aliphatic rings. The summed E-state index contributed by atoms with van der Waals surface area (Å²) in [5, 5.41) is 18.1. The number of phenolic OH excluding ortho intramolecular Hbond substituents is 1. The van der Waals surface area contributed by atoms with Crippen molar-refractivity contribution in [2.75, 3.05) is 18.8 Å². The summed E-state index contributed by atoms with van der Waals surface area (Å²) in [7, 11) is 0. The van der Waals surface area contributed by atoms with E-state index in [1.165, 1.54) is 5.56 Å². The van der Waals surface area contributed by atoms with E-state index >= 15 is 0 Å². The van der Waals surface area contributed by atoms with Gasteiger partial charge in [-0.2, -0.15) is 0 Å². The van der Waals surface area contributed by atoms with Gasteiger partial charge in [-0.1, -0.05) is 56.3 Å². The van der Waals surface area contributed by atoms with Crippen LogP contribution in [-0.4, -0.2) is 39.4 Å². The Kier molecular flexibility index (Phi) is 7.03. The van der Waals surface area contributed by atoms with Crippen LogP contribution in [0.25, 0.3) is 11.3 Å². The molecule has 0 radical (unpaired) electrons. The second-order valence-corrected chi connectivity index (χ2v) is 6.75. The molecule has 1 aliphatic heterocycles. The third-order valence-electron chi connectivity index (χ3n) is 4.74. The van der Waals surface area contributed by atoms with Crippen molar-refractivity contribution >= 4 is 5.82 Å². The number of benzene rings is 2. The number of hydrogen-bond acceptors (Lipinski definition) is 6. The number of hydrogen-bond donors (Lipinski definition) is 2. The van der Waals surface area contributed by atoms with Crippen molar-refractivity contribution in [3.8, 4) is 22.8 Å². The van der Waals surface area contributed by atoms with Crippen LogP contribution in [0.4, 0.5) is 5.82 Å². The van der Waals surface area contributed by atoms with Crippen molar-refractivity contribution in [2.45, 2.75) is 32.9 Å². The highest BCUT2D eigenvalue weighted by Crippen LogP contribution is 2.31. The molecule has 1 unspecified atom stereocenters. The first-order valence-corrected chi connectivity index (χ1v) is 10.0. The maximum Gasteiger partial charge on any atom is 0.188 e. The van der Waals surface area contributed by atoms with Gasteiger partial charge in [0, 0.05) is 31.3 Å². The largest absolute Gasteiger partial charge is 0.507 e. The average Bonchev–Trinajstić information content (AvgIpc) is 3.19. The Hall–Kier alpha value is -3.12. The van der Waals surface area contributed by atoms with Gasteiger partial charge in [0.2, 0.25) is 0 Å². The van der Waals surface area contributed by atoms with E-state index in [0.717, 1.165) is 26.1 Å². The highest BCUT2D eigenvalue weighted by atomic mass is 16.5. The molecule has 152 valence electrons. The number of nitrogens with two attached hydrogens (primary N) is 1. The maximum absolute atomic E-state index is 10.0. The second-order valence-electron chi connectivity index (χ2n) is 6.75. The summed E-state index contributed by atoms with van der Waals surface area (Å²) in [6, 6.07) is 19.2. The molecular formula is C23H28N4O2. The Labute approximate surface area is 172 Å². The molecule has 0 spiro atoms. The fourth-order valence-corrected chi connectivity index (χ4v) is 3.36. The fraction of sp³-hybridized carbons (Fsp3) is 0.304. The molecule has 3 N–H and O–H groups in total. The summed E-state index contributed by atoms with van der Waals surface area (Å²) in [4.78, 5) is 2.37. The molecule has 0 amide bonds. The standard InChI is InChI=1S/C21H22N4O2.C2H6/c22-21-20(12-18(23-24-21)17-8-4-5-9-19(17)26)27-16-10-11-25(14-16)13-15-6-2-1-3-7-15;1-2/h1-9,12,16,26H,10-11,13-14H2,(H2,22,24);1-2H3. The first kappa shape index (κ1) is 20.6. The Bertz CT molecular complexity index is 918. The number of ether oxygens (including phenoxy) is 1. The Morgan fingerprint density at radius 2 is 1.79 bits per heavy atom. The Morgan fingerprint density at radius 1 is 1.07 bits per heavy atom. The zero-order chi connectivity index (χ0) is 20.6. The molecule has 3 aromatic rings. The van der Waals surface area contributed by atoms with Crippen LogP contribution in [-0.2, 0) is 6.54 Å². The van der Waals surface area contributed by atoms with Crippen molar-refractivity contribution in [3.63, 3.8) is 0 Å². The fourth-order valence-electron chi connectivity index (χ4n) is 3.36. The highest BCUT2D eigenvalue weighted by molar-refractivity contribution is 5.68. The van der Waals surface area contributed by atoms with Crippen molar-refractivity contribution in [1.82, 2.24) is 15.1 Å². The number of nitrogen functional groups attached to an aromatic ring is 1. The minimum Gasteiger partial charge on any atom is -0.507 e. The first-order valence-electron chi connectivity index (χ1n) is 10.0. The van der Waals surface area contributed by atoms with E-state index in [-0.39, 0.29) is 17.7 Å². The van der Waals surface area contributed by atoms with Gasteiger partial charge < -0.3 is 15.6 Å². The van der Waals surface area contributed by atoms with E-state index in [0.29, 0.717) is 17.0 Å². The van der Waals surface area contributed by atoms with Gasteiger partial charge in [-0.3, -0.25) is 4.90 Å². The number of aromatic hydroxyl groups is 1. The molecule has 0 bridgehead atoms. The van der Waals surface area contributed by atoms with E-state index < -0.39 is 0 Å². The number of rotatable bonds is 5. The van der Waals surface area contributed by atoms with Crippen molar-refractivity contribution in [3.05, 3.63) is 66.2 Å². The van der Waals surface area contributed by atoms with Gasteiger partial charge in [0.1, 0.15) is 17.5 Å². The number of para-hydroxylation sites is 1. The van der Waals surface area contributed by atoms with Gasteiger partial charge >= 0.3 is 0 Å². The Balaban J connectivity index is 0.00000117. The number of likely N-dealkylation sites (tertiary alicyclic amines) is 1. The van der Waals surface area contributed by atoms with Crippen LogP contribution in [0.1, 0.15) is 25.8 Å². The van der Waals surface area contributed by atoms with Gasteiger partial charge in [-0.05, 0) is 24.1 Å². The second kappa shape index (κ2) is 9.89. The molecule has 1 fully saturated rings. The summed E-state index contributed by atoms with van der Waals surface area (Å²) < 4.78 is 6.13. The van der Waals surface area contributed by atoms with Gasteiger partial charge in [0.15, 0.2) is 11.6 Å². The van der Waals surface area contributed by atoms with Crippen LogP contribution in [0.5, 0.6) is 11.5 Å². The van der Waals surface area contributed by atoms with Gasteiger partial charge in [-0.15, -0.1) is 10.2 Å². The smallest absolute Gasteiger partial charge is 0.188 e. The van der Waals surface area contributed by atoms with Crippen LogP contribution in [0.3, 0.4) is 0 Å². The normalized spacial score (nSPS) is 16.1. The monoisotopic (exact) mass is 392 g/mol. The summed E-state index contributed by atoms with van der Waals surface area (Å²) in [5.74, 6) is 0.919. The van der Waals surface area contributed by atoms with Gasteiger partial charge in [0.25, 0.3) is 0 Å². The summed E-state index contributed by atoms with van der Waals surface area (Å²) in [6.07, 6.45) is 0.984. The van der Waals surface area contributed by atoms with E-state index in [2.05, 4.69) is 39.4 Å². The quantitative estimate of drug-likeness (QED) is 0.680. The molecule has 1 saturated heterocycles. The lowest BCUT2D eigenvalue weighted by atomic mass is 10.1. The highest BCUT2D eigenvalue weighted by Gasteiger charge is 2.25. The van der Waals surface area contributed by atoms with E-state index in [9.17, 15) is 5.11 Å². The molecule has 1 atom stereocenters. The lowest BCUT2D eigenvalue weighted by molar-refractivity contribution is 0.198. The number of nitrogens with zero attached hydrogens (tertiary/aromatic N) is 3. The molecule has 0 saturated carbocycles. The lowest BCUT2D eigenvalue weighted by Gasteiger charge is -2.17. The molecular weight excluding hydrogens is 364 g/mol. The molecule has 1 aromatic heterocycles.